The standard InChI is InChI=1S/C10H15NO.ClH/c1-3-12-10-7-5-4-6-9(10)8-11-2;/h4-7,11H,3,8H2,1-2H3;1H. The third-order valence-electron chi connectivity index (χ3n) is 1.64. The van der Waals surface area contributed by atoms with Gasteiger partial charge in [-0.2, -0.15) is 0 Å². The molecule has 0 saturated heterocycles. The monoisotopic (exact) mass is 201 g/mol. The van der Waals surface area contributed by atoms with Crippen molar-refractivity contribution in [1.82, 2.24) is 5.32 Å². The third kappa shape index (κ3) is 3.66. The van der Waals surface area contributed by atoms with Crippen LogP contribution in [-0.4, -0.2) is 13.7 Å². The average molecular weight is 202 g/mol. The van der Waals surface area contributed by atoms with Gasteiger partial charge in [-0.05, 0) is 20.0 Å². The van der Waals surface area contributed by atoms with Crippen molar-refractivity contribution < 1.29 is 4.74 Å². The molecule has 0 aliphatic carbocycles. The Morgan fingerprint density at radius 2 is 2.00 bits per heavy atom. The highest BCUT2D eigenvalue weighted by molar-refractivity contribution is 5.85. The second-order valence-corrected chi connectivity index (χ2v) is 2.57. The van der Waals surface area contributed by atoms with Crippen molar-refractivity contribution in [2.24, 2.45) is 0 Å². The molecule has 0 aromatic heterocycles. The lowest BCUT2D eigenvalue weighted by Crippen LogP contribution is -2.07. The molecular formula is C10H16ClNO. The minimum absolute atomic E-state index is 0. The number of halogens is 1. The molecule has 0 spiro atoms. The Bertz CT molecular complexity index is 215. The van der Waals surface area contributed by atoms with E-state index in [1.807, 2.05) is 32.2 Å². The number of hydrogen-bond donors (Lipinski definition) is 1. The van der Waals surface area contributed by atoms with Gasteiger partial charge in [0.1, 0.15) is 5.75 Å². The zero-order chi connectivity index (χ0) is 8.81. The van der Waals surface area contributed by atoms with Crippen LogP contribution in [0.2, 0.25) is 0 Å². The van der Waals surface area contributed by atoms with Crippen LogP contribution in [0.5, 0.6) is 5.75 Å². The van der Waals surface area contributed by atoms with Gasteiger partial charge in [-0.1, -0.05) is 18.2 Å². The summed E-state index contributed by atoms with van der Waals surface area (Å²) in [6.07, 6.45) is 0. The quantitative estimate of drug-likeness (QED) is 0.807. The Morgan fingerprint density at radius 1 is 1.31 bits per heavy atom. The molecular weight excluding hydrogens is 186 g/mol. The molecule has 3 heteroatoms. The molecule has 0 fully saturated rings. The fourth-order valence-corrected chi connectivity index (χ4v) is 1.14. The lowest BCUT2D eigenvalue weighted by molar-refractivity contribution is 0.336. The van der Waals surface area contributed by atoms with Crippen LogP contribution in [-0.2, 0) is 6.54 Å². The highest BCUT2D eigenvalue weighted by Gasteiger charge is 1.99. The van der Waals surface area contributed by atoms with Crippen molar-refractivity contribution in [3.8, 4) is 5.75 Å². The number of benzene rings is 1. The Hall–Kier alpha value is -0.730. The summed E-state index contributed by atoms with van der Waals surface area (Å²) in [5.74, 6) is 0.981. The van der Waals surface area contributed by atoms with Crippen LogP contribution in [0, 0.1) is 0 Å². The molecule has 1 rings (SSSR count). The van der Waals surface area contributed by atoms with Crippen LogP contribution < -0.4 is 10.1 Å². The molecule has 0 aliphatic rings. The number of para-hydroxylation sites is 1. The SMILES string of the molecule is CCOc1ccccc1CNC.Cl. The summed E-state index contributed by atoms with van der Waals surface area (Å²) in [6.45, 7) is 3.58. The van der Waals surface area contributed by atoms with Gasteiger partial charge in [0.05, 0.1) is 6.61 Å². The van der Waals surface area contributed by atoms with E-state index in [2.05, 4.69) is 11.4 Å². The summed E-state index contributed by atoms with van der Waals surface area (Å²) in [5.41, 5.74) is 1.21. The predicted molar refractivity (Wildman–Crippen MR) is 57.6 cm³/mol. The van der Waals surface area contributed by atoms with E-state index in [0.29, 0.717) is 0 Å². The normalized spacial score (nSPS) is 9.08. The van der Waals surface area contributed by atoms with Crippen molar-refractivity contribution in [3.05, 3.63) is 29.8 Å². The van der Waals surface area contributed by atoms with Crippen molar-refractivity contribution in [1.29, 1.82) is 0 Å². The first-order valence-electron chi connectivity index (χ1n) is 4.23. The molecule has 0 saturated carbocycles. The first-order valence-corrected chi connectivity index (χ1v) is 4.23. The molecule has 1 N–H and O–H groups in total. The minimum atomic E-state index is 0. The molecule has 0 heterocycles. The molecule has 0 bridgehead atoms. The maximum atomic E-state index is 5.45. The van der Waals surface area contributed by atoms with Gasteiger partial charge in [0.25, 0.3) is 0 Å². The van der Waals surface area contributed by atoms with Crippen LogP contribution in [0.4, 0.5) is 0 Å². The Morgan fingerprint density at radius 3 is 2.62 bits per heavy atom. The van der Waals surface area contributed by atoms with Gasteiger partial charge in [0.15, 0.2) is 0 Å². The second kappa shape index (κ2) is 6.75. The molecule has 0 amide bonds. The van der Waals surface area contributed by atoms with E-state index in [1.165, 1.54) is 5.56 Å². The minimum Gasteiger partial charge on any atom is -0.494 e. The van der Waals surface area contributed by atoms with E-state index in [1.54, 1.807) is 0 Å². The Labute approximate surface area is 85.7 Å². The summed E-state index contributed by atoms with van der Waals surface area (Å²) in [4.78, 5) is 0. The van der Waals surface area contributed by atoms with Gasteiger partial charge in [-0.25, -0.2) is 0 Å². The van der Waals surface area contributed by atoms with Gasteiger partial charge >= 0.3 is 0 Å². The van der Waals surface area contributed by atoms with Crippen LogP contribution in [0.25, 0.3) is 0 Å². The molecule has 1 aromatic carbocycles. The van der Waals surface area contributed by atoms with E-state index in [-0.39, 0.29) is 12.4 Å². The molecule has 13 heavy (non-hydrogen) atoms. The highest BCUT2D eigenvalue weighted by Crippen LogP contribution is 2.16. The number of nitrogens with one attached hydrogen (secondary N) is 1. The predicted octanol–water partition coefficient (Wildman–Crippen LogP) is 2.23. The van der Waals surface area contributed by atoms with Crippen LogP contribution in [0.3, 0.4) is 0 Å². The van der Waals surface area contributed by atoms with E-state index in [9.17, 15) is 0 Å². The van der Waals surface area contributed by atoms with Crippen molar-refractivity contribution >= 4 is 12.4 Å². The van der Waals surface area contributed by atoms with Gasteiger partial charge in [-0.3, -0.25) is 0 Å². The topological polar surface area (TPSA) is 21.3 Å². The molecule has 1 aromatic rings. The third-order valence-corrected chi connectivity index (χ3v) is 1.64. The summed E-state index contributed by atoms with van der Waals surface area (Å²) in [7, 11) is 1.93. The van der Waals surface area contributed by atoms with Gasteiger partial charge in [-0.15, -0.1) is 12.4 Å². The first kappa shape index (κ1) is 12.3. The van der Waals surface area contributed by atoms with Gasteiger partial charge < -0.3 is 10.1 Å². The number of hydrogen-bond acceptors (Lipinski definition) is 2. The summed E-state index contributed by atoms with van der Waals surface area (Å²) >= 11 is 0. The van der Waals surface area contributed by atoms with E-state index in [0.717, 1.165) is 18.9 Å². The smallest absolute Gasteiger partial charge is 0.123 e. The molecule has 74 valence electrons. The van der Waals surface area contributed by atoms with Crippen molar-refractivity contribution in [3.63, 3.8) is 0 Å². The van der Waals surface area contributed by atoms with Gasteiger partial charge in [0.2, 0.25) is 0 Å². The number of ether oxygens (including phenoxy) is 1. The van der Waals surface area contributed by atoms with E-state index < -0.39 is 0 Å². The zero-order valence-electron chi connectivity index (χ0n) is 8.04. The second-order valence-electron chi connectivity index (χ2n) is 2.57. The Balaban J connectivity index is 0.00000144. The fourth-order valence-electron chi connectivity index (χ4n) is 1.14. The van der Waals surface area contributed by atoms with E-state index in [4.69, 9.17) is 4.74 Å². The molecule has 0 unspecified atom stereocenters. The lowest BCUT2D eigenvalue weighted by Gasteiger charge is -2.08. The highest BCUT2D eigenvalue weighted by atomic mass is 35.5. The van der Waals surface area contributed by atoms with Crippen molar-refractivity contribution in [2.45, 2.75) is 13.5 Å². The maximum Gasteiger partial charge on any atom is 0.123 e. The van der Waals surface area contributed by atoms with Crippen molar-refractivity contribution in [2.75, 3.05) is 13.7 Å². The summed E-state index contributed by atoms with van der Waals surface area (Å²) in [6, 6.07) is 8.08. The molecule has 0 radical (unpaired) electrons. The van der Waals surface area contributed by atoms with Crippen LogP contribution in [0.1, 0.15) is 12.5 Å². The maximum absolute atomic E-state index is 5.45. The first-order chi connectivity index (χ1) is 5.88. The molecule has 2 nitrogen and oxygen atoms in total. The Kier molecular flexibility index (Phi) is 6.37. The summed E-state index contributed by atoms with van der Waals surface area (Å²) < 4.78 is 5.45. The fraction of sp³-hybridized carbons (Fsp3) is 0.400. The van der Waals surface area contributed by atoms with Crippen LogP contribution >= 0.6 is 12.4 Å². The molecule has 0 aliphatic heterocycles. The zero-order valence-corrected chi connectivity index (χ0v) is 8.86. The van der Waals surface area contributed by atoms with E-state index >= 15 is 0 Å². The largest absolute Gasteiger partial charge is 0.494 e. The summed E-state index contributed by atoms with van der Waals surface area (Å²) in [5, 5.41) is 3.10. The van der Waals surface area contributed by atoms with Crippen LogP contribution in [0.15, 0.2) is 24.3 Å². The lowest BCUT2D eigenvalue weighted by atomic mass is 10.2. The molecule has 0 atom stereocenters. The van der Waals surface area contributed by atoms with Gasteiger partial charge in [0, 0.05) is 12.1 Å². The number of rotatable bonds is 4. The average Bonchev–Trinajstić information content (AvgIpc) is 2.09.